The fourth-order valence-corrected chi connectivity index (χ4v) is 5.36. The first-order valence-corrected chi connectivity index (χ1v) is 17.3. The van der Waals surface area contributed by atoms with Gasteiger partial charge < -0.3 is 4.74 Å². The van der Waals surface area contributed by atoms with Crippen molar-refractivity contribution in [2.45, 2.75) is 38.1 Å². The van der Waals surface area contributed by atoms with Crippen molar-refractivity contribution in [2.75, 3.05) is 33.8 Å². The smallest absolute Gasteiger partial charge is 0.330 e. The fraction of sp³-hybridized carbons (Fsp3) is 0.333. The van der Waals surface area contributed by atoms with Gasteiger partial charge in [0.15, 0.2) is 6.23 Å². The Morgan fingerprint density at radius 2 is 1.35 bits per heavy atom. The molecule has 1 aromatic heterocycles. The van der Waals surface area contributed by atoms with Crippen LogP contribution in [0.1, 0.15) is 41.8 Å². The second kappa shape index (κ2) is 14.0. The molecule has 3 aromatic carbocycles. The predicted molar refractivity (Wildman–Crippen MR) is 174 cm³/mol. The minimum Gasteiger partial charge on any atom is -0.352 e. The van der Waals surface area contributed by atoms with Crippen LogP contribution in [0.2, 0.25) is 0 Å². The van der Waals surface area contributed by atoms with Crippen molar-refractivity contribution in [2.24, 2.45) is 0 Å². The van der Waals surface area contributed by atoms with Gasteiger partial charge in [-0.15, -0.1) is 0 Å². The Kier molecular flexibility index (Phi) is 10.6. The quantitative estimate of drug-likeness (QED) is 0.199. The SMILES string of the molecule is CCC1CN(C(c2ccccc2)(c2ccccc2)c2ccccc2)CC(n2cc(C)c(=O)[nH]c2=O)O1.CN(C)P(C)(=O)Cl. The van der Waals surface area contributed by atoms with Crippen molar-refractivity contribution in [3.63, 3.8) is 0 Å². The lowest BCUT2D eigenvalue weighted by Crippen LogP contribution is -2.57. The Labute approximate surface area is 258 Å². The summed E-state index contributed by atoms with van der Waals surface area (Å²) in [6.07, 6.45) is 1.75. The molecule has 1 saturated heterocycles. The van der Waals surface area contributed by atoms with Gasteiger partial charge in [-0.05, 0) is 55.4 Å². The fourth-order valence-electron chi connectivity index (χ4n) is 5.36. The van der Waals surface area contributed by atoms with Crippen molar-refractivity contribution in [1.82, 2.24) is 19.1 Å². The number of H-pyrrole nitrogens is 1. The third-order valence-electron chi connectivity index (χ3n) is 7.83. The van der Waals surface area contributed by atoms with Crippen molar-refractivity contribution < 1.29 is 9.30 Å². The maximum Gasteiger partial charge on any atom is 0.330 e. The molecule has 0 saturated carbocycles. The van der Waals surface area contributed by atoms with Crippen LogP contribution in [0.4, 0.5) is 0 Å². The number of nitrogens with zero attached hydrogens (tertiary/aromatic N) is 3. The minimum atomic E-state index is -2.43. The Balaban J connectivity index is 0.000000541. The summed E-state index contributed by atoms with van der Waals surface area (Å²) in [6.45, 7) is 4.02. The molecule has 0 aliphatic carbocycles. The van der Waals surface area contributed by atoms with Gasteiger partial charge >= 0.3 is 5.69 Å². The van der Waals surface area contributed by atoms with Gasteiger partial charge in [-0.3, -0.25) is 23.8 Å². The molecule has 3 atom stereocenters. The van der Waals surface area contributed by atoms with Gasteiger partial charge in [0.05, 0.1) is 11.6 Å². The summed E-state index contributed by atoms with van der Waals surface area (Å²) >= 11 is 5.35. The van der Waals surface area contributed by atoms with E-state index in [1.807, 2.05) is 18.2 Å². The minimum absolute atomic E-state index is 0.0987. The number of hydrogen-bond donors (Lipinski definition) is 1. The standard InChI is InChI=1S/C30H31N3O3.C3H9ClNOP/c1-3-26-20-32(21-27(36-26)33-19-22(2)28(34)31-29(33)35)30(23-13-7-4-8-14-23,24-15-9-5-10-16-24)25-17-11-6-12-18-25;1-5(2)7(3,4)6/h4-19,26-27H,3,20-21H2,1-2H3,(H,31,34,35);1-3H3. The number of aryl methyl sites for hydroxylation is 1. The molecule has 228 valence electrons. The highest BCUT2D eigenvalue weighted by Gasteiger charge is 2.46. The second-order valence-corrected chi connectivity index (χ2v) is 15.2. The normalized spacial score (nSPS) is 18.9. The summed E-state index contributed by atoms with van der Waals surface area (Å²) in [5, 5.41) is 0. The summed E-state index contributed by atoms with van der Waals surface area (Å²) in [7, 11) is 3.38. The number of morpholine rings is 1. The van der Waals surface area contributed by atoms with Gasteiger partial charge in [0.25, 0.3) is 5.56 Å². The molecule has 0 spiro atoms. The average molecular weight is 623 g/mol. The van der Waals surface area contributed by atoms with E-state index in [0.29, 0.717) is 18.7 Å². The maximum atomic E-state index is 12.9. The summed E-state index contributed by atoms with van der Waals surface area (Å²) in [5.74, 6) is 0. The third-order valence-corrected chi connectivity index (χ3v) is 10.2. The average Bonchev–Trinajstić information content (AvgIpc) is 3.01. The lowest BCUT2D eigenvalue weighted by atomic mass is 9.75. The monoisotopic (exact) mass is 622 g/mol. The Morgan fingerprint density at radius 3 is 1.74 bits per heavy atom. The maximum absolute atomic E-state index is 12.9. The zero-order chi connectivity index (χ0) is 31.2. The van der Waals surface area contributed by atoms with Crippen LogP contribution < -0.4 is 11.2 Å². The second-order valence-electron chi connectivity index (χ2n) is 10.9. The number of hydrogen-bond acceptors (Lipinski definition) is 5. The zero-order valence-electron chi connectivity index (χ0n) is 25.3. The summed E-state index contributed by atoms with van der Waals surface area (Å²) in [4.78, 5) is 29.8. The highest BCUT2D eigenvalue weighted by atomic mass is 35.7. The number of rotatable bonds is 7. The molecule has 4 aromatic rings. The third kappa shape index (κ3) is 7.28. The molecule has 0 radical (unpaired) electrons. The van der Waals surface area contributed by atoms with Crippen LogP contribution >= 0.6 is 17.9 Å². The van der Waals surface area contributed by atoms with Crippen LogP contribution in [-0.4, -0.2) is 59.1 Å². The van der Waals surface area contributed by atoms with Gasteiger partial charge in [-0.2, -0.15) is 0 Å². The van der Waals surface area contributed by atoms with E-state index >= 15 is 0 Å². The molecule has 0 amide bonds. The van der Waals surface area contributed by atoms with Gasteiger partial charge in [0, 0.05) is 31.5 Å². The molecule has 3 unspecified atom stereocenters. The Bertz CT molecular complexity index is 1540. The van der Waals surface area contributed by atoms with E-state index in [1.165, 1.54) is 15.9 Å². The first-order chi connectivity index (χ1) is 20.5. The van der Waals surface area contributed by atoms with Crippen LogP contribution in [-0.2, 0) is 14.8 Å². The lowest BCUT2D eigenvalue weighted by Gasteiger charge is -2.50. The lowest BCUT2D eigenvalue weighted by molar-refractivity contribution is -0.139. The highest BCUT2D eigenvalue weighted by molar-refractivity contribution is 7.86. The largest absolute Gasteiger partial charge is 0.352 e. The molecule has 0 bridgehead atoms. The number of nitrogens with one attached hydrogen (secondary N) is 1. The van der Waals surface area contributed by atoms with Crippen LogP contribution in [0.25, 0.3) is 0 Å². The molecule has 8 nitrogen and oxygen atoms in total. The van der Waals surface area contributed by atoms with Crippen LogP contribution in [0, 0.1) is 6.92 Å². The first kappa shape index (κ1) is 32.6. The molecule has 1 fully saturated rings. The van der Waals surface area contributed by atoms with Crippen molar-refractivity contribution in [3.8, 4) is 0 Å². The van der Waals surface area contributed by atoms with E-state index in [0.717, 1.165) is 23.1 Å². The topological polar surface area (TPSA) is 87.6 Å². The molecule has 5 rings (SSSR count). The van der Waals surface area contributed by atoms with E-state index < -0.39 is 24.1 Å². The number of aromatic amines is 1. The summed E-state index contributed by atoms with van der Waals surface area (Å²) in [6, 6.07) is 31.5. The van der Waals surface area contributed by atoms with Crippen LogP contribution in [0.15, 0.2) is 107 Å². The highest BCUT2D eigenvalue weighted by Crippen LogP contribution is 2.48. The van der Waals surface area contributed by atoms with Crippen molar-refractivity contribution >= 4 is 17.9 Å². The Morgan fingerprint density at radius 1 is 0.907 bits per heavy atom. The summed E-state index contributed by atoms with van der Waals surface area (Å²) < 4.78 is 20.1. The van der Waals surface area contributed by atoms with Crippen LogP contribution in [0.3, 0.4) is 0 Å². The van der Waals surface area contributed by atoms with Crippen LogP contribution in [0.5, 0.6) is 0 Å². The van der Waals surface area contributed by atoms with Gasteiger partial charge in [0.2, 0.25) is 6.65 Å². The summed E-state index contributed by atoms with van der Waals surface area (Å²) in [5.41, 5.74) is 2.46. The first-order valence-electron chi connectivity index (χ1n) is 14.3. The van der Waals surface area contributed by atoms with E-state index in [-0.39, 0.29) is 11.7 Å². The van der Waals surface area contributed by atoms with E-state index in [1.54, 1.807) is 27.2 Å². The van der Waals surface area contributed by atoms with Gasteiger partial charge in [-0.1, -0.05) is 97.9 Å². The van der Waals surface area contributed by atoms with Crippen molar-refractivity contribution in [3.05, 3.63) is 140 Å². The molecule has 10 heteroatoms. The molecular formula is C33H40ClN4O4P. The van der Waals surface area contributed by atoms with E-state index in [2.05, 4.69) is 89.6 Å². The molecule has 1 N–H and O–H groups in total. The van der Waals surface area contributed by atoms with E-state index in [4.69, 9.17) is 16.0 Å². The molecule has 2 heterocycles. The number of aromatic nitrogens is 2. The predicted octanol–water partition coefficient (Wildman–Crippen LogP) is 6.06. The number of benzene rings is 3. The number of ether oxygens (including phenoxy) is 1. The molecular weight excluding hydrogens is 583 g/mol. The van der Waals surface area contributed by atoms with Crippen molar-refractivity contribution in [1.29, 1.82) is 0 Å². The zero-order valence-corrected chi connectivity index (χ0v) is 27.0. The van der Waals surface area contributed by atoms with Gasteiger partial charge in [0.1, 0.15) is 0 Å². The van der Waals surface area contributed by atoms with E-state index in [9.17, 15) is 14.2 Å². The Hall–Kier alpha value is -3.26. The van der Waals surface area contributed by atoms with Gasteiger partial charge in [-0.25, -0.2) is 9.46 Å². The molecule has 1 aliphatic heterocycles. The number of halogens is 1. The molecule has 1 aliphatic rings. The molecule has 43 heavy (non-hydrogen) atoms.